The smallest absolute Gasteiger partial charge is 0.248 e. The molecule has 126 valence electrons. The molecule has 0 fully saturated rings. The van der Waals surface area contributed by atoms with Crippen LogP contribution in [0, 0.1) is 6.92 Å². The Labute approximate surface area is 151 Å². The fourth-order valence-electron chi connectivity index (χ4n) is 3.17. The zero-order chi connectivity index (χ0) is 18.1. The summed E-state index contributed by atoms with van der Waals surface area (Å²) in [6.45, 7) is 1.98. The summed E-state index contributed by atoms with van der Waals surface area (Å²) in [6, 6.07) is 21.4. The number of aromatic nitrogens is 2. The standard InChI is InChI=1S/C22H17N3O/c1-14-5-4-8-21(25-14)18-7-3-2-6-16(18)17-11-12-24-20-10-9-15(22(23)26)13-19(17)20/h2-13H,1H3,(H2,23,26). The number of benzene rings is 2. The molecule has 2 aromatic heterocycles. The van der Waals surface area contributed by atoms with Gasteiger partial charge in [0.05, 0.1) is 11.2 Å². The van der Waals surface area contributed by atoms with E-state index in [2.05, 4.69) is 22.1 Å². The SMILES string of the molecule is Cc1cccc(-c2ccccc2-c2ccnc3ccc(C(N)=O)cc23)n1. The number of rotatable bonds is 3. The molecule has 0 saturated carbocycles. The van der Waals surface area contributed by atoms with Crippen molar-refractivity contribution in [3.63, 3.8) is 0 Å². The highest BCUT2D eigenvalue weighted by Gasteiger charge is 2.13. The molecule has 2 heterocycles. The van der Waals surface area contributed by atoms with Crippen LogP contribution in [0.5, 0.6) is 0 Å². The summed E-state index contributed by atoms with van der Waals surface area (Å²) < 4.78 is 0. The molecule has 4 heteroatoms. The van der Waals surface area contributed by atoms with E-state index in [1.807, 2.05) is 49.4 Å². The minimum atomic E-state index is -0.449. The number of pyridine rings is 2. The number of amides is 1. The average molecular weight is 339 g/mol. The van der Waals surface area contributed by atoms with Gasteiger partial charge in [0.1, 0.15) is 0 Å². The highest BCUT2D eigenvalue weighted by molar-refractivity contribution is 6.03. The second-order valence-corrected chi connectivity index (χ2v) is 6.16. The summed E-state index contributed by atoms with van der Waals surface area (Å²) in [5.74, 6) is -0.449. The van der Waals surface area contributed by atoms with Gasteiger partial charge >= 0.3 is 0 Å². The van der Waals surface area contributed by atoms with E-state index in [1.165, 1.54) is 0 Å². The molecule has 4 nitrogen and oxygen atoms in total. The van der Waals surface area contributed by atoms with Gasteiger partial charge in [-0.15, -0.1) is 0 Å². The van der Waals surface area contributed by atoms with Crippen LogP contribution in [0.3, 0.4) is 0 Å². The third-order valence-electron chi connectivity index (χ3n) is 4.41. The van der Waals surface area contributed by atoms with Gasteiger partial charge in [0, 0.05) is 28.4 Å². The summed E-state index contributed by atoms with van der Waals surface area (Å²) in [5, 5.41) is 0.893. The van der Waals surface area contributed by atoms with Gasteiger partial charge in [-0.1, -0.05) is 30.3 Å². The van der Waals surface area contributed by atoms with Crippen LogP contribution < -0.4 is 5.73 Å². The first-order valence-electron chi connectivity index (χ1n) is 8.35. The lowest BCUT2D eigenvalue weighted by molar-refractivity contribution is 0.100. The Morgan fingerprint density at radius 2 is 1.69 bits per heavy atom. The first-order chi connectivity index (χ1) is 12.6. The van der Waals surface area contributed by atoms with Crippen LogP contribution >= 0.6 is 0 Å². The molecule has 1 amide bonds. The van der Waals surface area contributed by atoms with E-state index in [9.17, 15) is 4.79 Å². The maximum absolute atomic E-state index is 11.6. The molecule has 0 radical (unpaired) electrons. The van der Waals surface area contributed by atoms with Crippen LogP contribution in [-0.4, -0.2) is 15.9 Å². The molecule has 0 aliphatic rings. The molecule has 0 aliphatic carbocycles. The predicted octanol–water partition coefficient (Wildman–Crippen LogP) is 4.37. The van der Waals surface area contributed by atoms with E-state index < -0.39 is 5.91 Å². The van der Waals surface area contributed by atoms with Gasteiger partial charge in [0.25, 0.3) is 0 Å². The Morgan fingerprint density at radius 1 is 0.885 bits per heavy atom. The number of fused-ring (bicyclic) bond motifs is 1. The lowest BCUT2D eigenvalue weighted by atomic mass is 9.94. The second-order valence-electron chi connectivity index (χ2n) is 6.16. The van der Waals surface area contributed by atoms with Gasteiger partial charge in [-0.05, 0) is 54.4 Å². The van der Waals surface area contributed by atoms with Gasteiger partial charge in [0.2, 0.25) is 5.91 Å². The van der Waals surface area contributed by atoms with Crippen molar-refractivity contribution in [2.24, 2.45) is 5.73 Å². The number of nitrogens with two attached hydrogens (primary N) is 1. The molecule has 0 atom stereocenters. The van der Waals surface area contributed by atoms with E-state index in [0.29, 0.717) is 5.56 Å². The number of carbonyl (C=O) groups excluding carboxylic acids is 1. The van der Waals surface area contributed by atoms with E-state index in [4.69, 9.17) is 5.73 Å². The molecule has 2 aromatic carbocycles. The summed E-state index contributed by atoms with van der Waals surface area (Å²) in [7, 11) is 0. The third kappa shape index (κ3) is 2.82. The van der Waals surface area contributed by atoms with Crippen LogP contribution in [0.1, 0.15) is 16.1 Å². The number of nitrogens with zero attached hydrogens (tertiary/aromatic N) is 2. The number of carbonyl (C=O) groups is 1. The monoisotopic (exact) mass is 339 g/mol. The molecule has 0 unspecified atom stereocenters. The summed E-state index contributed by atoms with van der Waals surface area (Å²) in [6.07, 6.45) is 1.78. The number of primary amides is 1. The molecule has 4 rings (SSSR count). The molecule has 0 spiro atoms. The Balaban J connectivity index is 2.00. The van der Waals surface area contributed by atoms with Crippen molar-refractivity contribution in [1.29, 1.82) is 0 Å². The molecule has 4 aromatic rings. The van der Waals surface area contributed by atoms with E-state index in [1.54, 1.807) is 18.3 Å². The summed E-state index contributed by atoms with van der Waals surface area (Å²) in [5.41, 5.74) is 11.7. The van der Waals surface area contributed by atoms with Crippen molar-refractivity contribution in [3.8, 4) is 22.4 Å². The molecule has 0 saturated heterocycles. The highest BCUT2D eigenvalue weighted by atomic mass is 16.1. The molecule has 2 N–H and O–H groups in total. The van der Waals surface area contributed by atoms with Crippen LogP contribution in [-0.2, 0) is 0 Å². The zero-order valence-electron chi connectivity index (χ0n) is 14.3. The van der Waals surface area contributed by atoms with Gasteiger partial charge in [-0.25, -0.2) is 0 Å². The maximum Gasteiger partial charge on any atom is 0.248 e. The Hall–Kier alpha value is -3.53. The van der Waals surface area contributed by atoms with Crippen LogP contribution in [0.25, 0.3) is 33.3 Å². The van der Waals surface area contributed by atoms with Crippen LogP contribution in [0.4, 0.5) is 0 Å². The molecule has 0 bridgehead atoms. The van der Waals surface area contributed by atoms with Crippen molar-refractivity contribution in [2.45, 2.75) is 6.92 Å². The van der Waals surface area contributed by atoms with Crippen molar-refractivity contribution >= 4 is 16.8 Å². The Morgan fingerprint density at radius 3 is 2.46 bits per heavy atom. The molecular weight excluding hydrogens is 322 g/mol. The fraction of sp³-hybridized carbons (Fsp3) is 0.0455. The van der Waals surface area contributed by atoms with Crippen LogP contribution in [0.2, 0.25) is 0 Å². The van der Waals surface area contributed by atoms with E-state index >= 15 is 0 Å². The average Bonchev–Trinajstić information content (AvgIpc) is 2.67. The third-order valence-corrected chi connectivity index (χ3v) is 4.41. The minimum Gasteiger partial charge on any atom is -0.366 e. The topological polar surface area (TPSA) is 68.9 Å². The van der Waals surface area contributed by atoms with E-state index in [-0.39, 0.29) is 0 Å². The van der Waals surface area contributed by atoms with Crippen molar-refractivity contribution in [2.75, 3.05) is 0 Å². The van der Waals surface area contributed by atoms with Crippen molar-refractivity contribution in [3.05, 3.63) is 84.2 Å². The normalized spacial score (nSPS) is 10.8. The Bertz CT molecular complexity index is 1130. The van der Waals surface area contributed by atoms with Gasteiger partial charge in [-0.2, -0.15) is 0 Å². The first-order valence-corrected chi connectivity index (χ1v) is 8.35. The minimum absolute atomic E-state index is 0.449. The second kappa shape index (κ2) is 6.41. The van der Waals surface area contributed by atoms with Gasteiger partial charge in [0.15, 0.2) is 0 Å². The lowest BCUT2D eigenvalue weighted by Gasteiger charge is -2.12. The number of aryl methyl sites for hydroxylation is 1. The first kappa shape index (κ1) is 16.0. The molecule has 26 heavy (non-hydrogen) atoms. The van der Waals surface area contributed by atoms with E-state index in [0.717, 1.165) is 39.0 Å². The molecule has 0 aliphatic heterocycles. The number of hydrogen-bond donors (Lipinski definition) is 1. The predicted molar refractivity (Wildman–Crippen MR) is 104 cm³/mol. The van der Waals surface area contributed by atoms with Crippen LogP contribution in [0.15, 0.2) is 72.9 Å². The van der Waals surface area contributed by atoms with Crippen molar-refractivity contribution < 1.29 is 4.79 Å². The maximum atomic E-state index is 11.6. The lowest BCUT2D eigenvalue weighted by Crippen LogP contribution is -2.10. The summed E-state index contributed by atoms with van der Waals surface area (Å²) >= 11 is 0. The molecular formula is C22H17N3O. The highest BCUT2D eigenvalue weighted by Crippen LogP contribution is 2.35. The Kier molecular flexibility index (Phi) is 3.93. The quantitative estimate of drug-likeness (QED) is 0.602. The fourth-order valence-corrected chi connectivity index (χ4v) is 3.17. The van der Waals surface area contributed by atoms with Crippen molar-refractivity contribution in [1.82, 2.24) is 9.97 Å². The largest absolute Gasteiger partial charge is 0.366 e. The zero-order valence-corrected chi connectivity index (χ0v) is 14.3. The van der Waals surface area contributed by atoms with Gasteiger partial charge < -0.3 is 5.73 Å². The summed E-state index contributed by atoms with van der Waals surface area (Å²) in [4.78, 5) is 20.7. The number of hydrogen-bond acceptors (Lipinski definition) is 3. The van der Waals surface area contributed by atoms with Gasteiger partial charge in [-0.3, -0.25) is 14.8 Å².